The van der Waals surface area contributed by atoms with E-state index >= 15 is 0 Å². The van der Waals surface area contributed by atoms with Gasteiger partial charge in [-0.2, -0.15) is 4.98 Å². The molecule has 138 valence electrons. The molecule has 0 spiro atoms. The van der Waals surface area contributed by atoms with E-state index in [1.54, 1.807) is 0 Å². The summed E-state index contributed by atoms with van der Waals surface area (Å²) in [7, 11) is 0. The molecule has 0 radical (unpaired) electrons. The fourth-order valence-electron chi connectivity index (χ4n) is 3.33. The van der Waals surface area contributed by atoms with Gasteiger partial charge < -0.3 is 15.5 Å². The Morgan fingerprint density at radius 3 is 2.11 bits per heavy atom. The first-order valence-electron chi connectivity index (χ1n) is 9.47. The van der Waals surface area contributed by atoms with Crippen LogP contribution in [-0.2, 0) is 0 Å². The van der Waals surface area contributed by atoms with Gasteiger partial charge >= 0.3 is 0 Å². The van der Waals surface area contributed by atoms with Crippen molar-refractivity contribution in [1.29, 1.82) is 0 Å². The summed E-state index contributed by atoms with van der Waals surface area (Å²) in [6.07, 6.45) is 2.57. The minimum atomic E-state index is 0.596. The van der Waals surface area contributed by atoms with Gasteiger partial charge in [0.1, 0.15) is 5.82 Å². The topological polar surface area (TPSA) is 53.1 Å². The van der Waals surface area contributed by atoms with E-state index in [0.29, 0.717) is 5.95 Å². The predicted molar refractivity (Wildman–Crippen MR) is 112 cm³/mol. The van der Waals surface area contributed by atoms with Crippen molar-refractivity contribution in [3.05, 3.63) is 65.9 Å². The second-order valence-electron chi connectivity index (χ2n) is 7.08. The first kappa shape index (κ1) is 17.3. The minimum Gasteiger partial charge on any atom is -0.372 e. The predicted octanol–water partition coefficient (Wildman–Crippen LogP) is 5.18. The monoisotopic (exact) mass is 359 g/mol. The standard InChI is InChI=1S/C22H25N5/c1-16-5-7-18(8-6-16)24-21-15-17(2)23-22(26-21)25-19-9-11-20(12-10-19)27-13-3-4-14-27/h5-12,15H,3-4,13-14H2,1-2H3,(H2,23,24,25,26). The van der Waals surface area contributed by atoms with Gasteiger partial charge in [-0.05, 0) is 63.1 Å². The van der Waals surface area contributed by atoms with Crippen LogP contribution in [0.3, 0.4) is 0 Å². The van der Waals surface area contributed by atoms with E-state index in [-0.39, 0.29) is 0 Å². The van der Waals surface area contributed by atoms with Crippen LogP contribution in [0.4, 0.5) is 28.8 Å². The maximum absolute atomic E-state index is 4.60. The Bertz CT molecular complexity index is 897. The third-order valence-electron chi connectivity index (χ3n) is 4.77. The van der Waals surface area contributed by atoms with E-state index in [1.165, 1.54) is 24.1 Å². The molecule has 2 heterocycles. The van der Waals surface area contributed by atoms with Crippen molar-refractivity contribution in [2.75, 3.05) is 28.6 Å². The molecular formula is C22H25N5. The van der Waals surface area contributed by atoms with Crippen LogP contribution in [0, 0.1) is 13.8 Å². The van der Waals surface area contributed by atoms with Crippen LogP contribution in [-0.4, -0.2) is 23.1 Å². The fraction of sp³-hybridized carbons (Fsp3) is 0.273. The average Bonchev–Trinajstić information content (AvgIpc) is 3.19. The zero-order valence-electron chi connectivity index (χ0n) is 15.9. The van der Waals surface area contributed by atoms with Gasteiger partial charge in [-0.3, -0.25) is 0 Å². The van der Waals surface area contributed by atoms with Crippen LogP contribution >= 0.6 is 0 Å². The van der Waals surface area contributed by atoms with Crippen LogP contribution in [0.5, 0.6) is 0 Å². The Hall–Kier alpha value is -3.08. The summed E-state index contributed by atoms with van der Waals surface area (Å²) < 4.78 is 0. The number of anilines is 5. The number of nitrogens with one attached hydrogen (secondary N) is 2. The maximum atomic E-state index is 4.60. The van der Waals surface area contributed by atoms with Crippen molar-refractivity contribution in [2.45, 2.75) is 26.7 Å². The normalized spacial score (nSPS) is 13.6. The van der Waals surface area contributed by atoms with Crippen molar-refractivity contribution >= 4 is 28.8 Å². The smallest absolute Gasteiger partial charge is 0.229 e. The first-order chi connectivity index (χ1) is 13.2. The average molecular weight is 359 g/mol. The molecule has 5 heteroatoms. The second kappa shape index (κ2) is 7.66. The van der Waals surface area contributed by atoms with Gasteiger partial charge in [0.25, 0.3) is 0 Å². The molecule has 1 aliphatic rings. The Morgan fingerprint density at radius 2 is 1.41 bits per heavy atom. The second-order valence-corrected chi connectivity index (χ2v) is 7.08. The van der Waals surface area contributed by atoms with Gasteiger partial charge in [-0.15, -0.1) is 0 Å². The molecule has 2 aromatic carbocycles. The molecule has 1 fully saturated rings. The molecule has 0 unspecified atom stereocenters. The molecule has 3 aromatic rings. The van der Waals surface area contributed by atoms with Crippen LogP contribution in [0.2, 0.25) is 0 Å². The first-order valence-corrected chi connectivity index (χ1v) is 9.47. The lowest BCUT2D eigenvalue weighted by atomic mass is 10.2. The fourth-order valence-corrected chi connectivity index (χ4v) is 3.33. The summed E-state index contributed by atoms with van der Waals surface area (Å²) >= 11 is 0. The third kappa shape index (κ3) is 4.37. The highest BCUT2D eigenvalue weighted by molar-refractivity contribution is 5.62. The highest BCUT2D eigenvalue weighted by atomic mass is 15.2. The molecule has 0 bridgehead atoms. The molecule has 2 N–H and O–H groups in total. The van der Waals surface area contributed by atoms with E-state index in [4.69, 9.17) is 0 Å². The number of benzene rings is 2. The Balaban J connectivity index is 1.48. The highest BCUT2D eigenvalue weighted by Crippen LogP contribution is 2.24. The van der Waals surface area contributed by atoms with Crippen molar-refractivity contribution in [1.82, 2.24) is 9.97 Å². The summed E-state index contributed by atoms with van der Waals surface area (Å²) in [5, 5.41) is 6.66. The molecule has 27 heavy (non-hydrogen) atoms. The van der Waals surface area contributed by atoms with Gasteiger partial charge in [0.2, 0.25) is 5.95 Å². The molecule has 1 saturated heterocycles. The molecule has 1 aliphatic heterocycles. The lowest BCUT2D eigenvalue weighted by Crippen LogP contribution is -2.17. The lowest BCUT2D eigenvalue weighted by molar-refractivity contribution is 0.949. The van der Waals surface area contributed by atoms with Crippen LogP contribution in [0.1, 0.15) is 24.1 Å². The summed E-state index contributed by atoms with van der Waals surface area (Å²) in [6, 6.07) is 18.7. The van der Waals surface area contributed by atoms with E-state index in [9.17, 15) is 0 Å². The van der Waals surface area contributed by atoms with Crippen molar-refractivity contribution < 1.29 is 0 Å². The van der Waals surface area contributed by atoms with Gasteiger partial charge in [-0.25, -0.2) is 4.98 Å². The van der Waals surface area contributed by atoms with E-state index in [2.05, 4.69) is 81.0 Å². The minimum absolute atomic E-state index is 0.596. The largest absolute Gasteiger partial charge is 0.372 e. The summed E-state index contributed by atoms with van der Waals surface area (Å²) in [5.74, 6) is 1.38. The quantitative estimate of drug-likeness (QED) is 0.657. The number of nitrogens with zero attached hydrogens (tertiary/aromatic N) is 3. The highest BCUT2D eigenvalue weighted by Gasteiger charge is 2.12. The molecule has 0 aliphatic carbocycles. The molecule has 1 aromatic heterocycles. The summed E-state index contributed by atoms with van der Waals surface area (Å²) in [6.45, 7) is 6.36. The van der Waals surface area contributed by atoms with Crippen molar-refractivity contribution in [2.24, 2.45) is 0 Å². The van der Waals surface area contributed by atoms with Gasteiger partial charge in [0, 0.05) is 41.9 Å². The van der Waals surface area contributed by atoms with Crippen LogP contribution < -0.4 is 15.5 Å². The molecule has 0 amide bonds. The SMILES string of the molecule is Cc1ccc(Nc2cc(C)nc(Nc3ccc(N4CCCC4)cc3)n2)cc1. The number of rotatable bonds is 5. The van der Waals surface area contributed by atoms with Gasteiger partial charge in [-0.1, -0.05) is 17.7 Å². The molecule has 0 atom stereocenters. The molecular weight excluding hydrogens is 334 g/mol. The van der Waals surface area contributed by atoms with E-state index in [0.717, 1.165) is 36.0 Å². The van der Waals surface area contributed by atoms with Crippen LogP contribution in [0.25, 0.3) is 0 Å². The zero-order chi connectivity index (χ0) is 18.6. The Labute approximate surface area is 160 Å². The number of aryl methyl sites for hydroxylation is 2. The molecule has 0 saturated carbocycles. The molecule has 5 nitrogen and oxygen atoms in total. The van der Waals surface area contributed by atoms with E-state index < -0.39 is 0 Å². The Kier molecular flexibility index (Phi) is 4.92. The van der Waals surface area contributed by atoms with Gasteiger partial charge in [0.15, 0.2) is 0 Å². The number of aromatic nitrogens is 2. The van der Waals surface area contributed by atoms with E-state index in [1.807, 2.05) is 13.0 Å². The Morgan fingerprint density at radius 1 is 0.778 bits per heavy atom. The van der Waals surface area contributed by atoms with Crippen LogP contribution in [0.15, 0.2) is 54.6 Å². The van der Waals surface area contributed by atoms with Crippen molar-refractivity contribution in [3.8, 4) is 0 Å². The maximum Gasteiger partial charge on any atom is 0.229 e. The van der Waals surface area contributed by atoms with Crippen molar-refractivity contribution in [3.63, 3.8) is 0 Å². The third-order valence-corrected chi connectivity index (χ3v) is 4.77. The lowest BCUT2D eigenvalue weighted by Gasteiger charge is -2.18. The van der Waals surface area contributed by atoms with Gasteiger partial charge in [0.05, 0.1) is 0 Å². The number of hydrogen-bond acceptors (Lipinski definition) is 5. The zero-order valence-corrected chi connectivity index (χ0v) is 15.9. The summed E-state index contributed by atoms with van der Waals surface area (Å²) in [4.78, 5) is 11.5. The molecule has 4 rings (SSSR count). The summed E-state index contributed by atoms with van der Waals surface area (Å²) in [5.41, 5.74) is 5.43. The number of hydrogen-bond donors (Lipinski definition) is 2.